The Balaban J connectivity index is 1.85. The zero-order chi connectivity index (χ0) is 14.4. The molecule has 0 heterocycles. The summed E-state index contributed by atoms with van der Waals surface area (Å²) in [5.74, 6) is 0. The van der Waals surface area contributed by atoms with Crippen molar-refractivity contribution in [3.05, 3.63) is 75.8 Å². The van der Waals surface area contributed by atoms with Crippen LogP contribution in [0.3, 0.4) is 0 Å². The summed E-state index contributed by atoms with van der Waals surface area (Å²) in [6.45, 7) is 0. The van der Waals surface area contributed by atoms with Crippen LogP contribution in [0.25, 0.3) is 0 Å². The molecule has 0 aromatic heterocycles. The molecule has 0 fully saturated rings. The van der Waals surface area contributed by atoms with Crippen molar-refractivity contribution in [2.45, 2.75) is 24.1 Å². The van der Waals surface area contributed by atoms with Gasteiger partial charge in [-0.1, -0.05) is 58.4 Å². The lowest BCUT2D eigenvalue weighted by atomic mass is 10.0. The van der Waals surface area contributed by atoms with Crippen LogP contribution in [-0.2, 0) is 12.8 Å². The van der Waals surface area contributed by atoms with Crippen LogP contribution < -0.4 is 0 Å². The molecule has 0 N–H and O–H groups in total. The Hall–Kier alpha value is -1.68. The van der Waals surface area contributed by atoms with Gasteiger partial charge in [-0.15, -0.1) is 0 Å². The Bertz CT molecular complexity index is 554. The van der Waals surface area contributed by atoms with Gasteiger partial charge < -0.3 is 0 Å². The lowest BCUT2D eigenvalue weighted by molar-refractivity contribution is -0.384. The third-order valence-corrected chi connectivity index (χ3v) is 3.97. The first-order chi connectivity index (χ1) is 9.65. The van der Waals surface area contributed by atoms with E-state index >= 15 is 0 Å². The largest absolute Gasteiger partial charge is 0.269 e. The van der Waals surface area contributed by atoms with Crippen molar-refractivity contribution in [3.8, 4) is 0 Å². The second-order valence-corrected chi connectivity index (χ2v) is 6.04. The third-order valence-electron chi connectivity index (χ3n) is 3.19. The number of nitrogens with zero attached hydrogens (tertiary/aromatic N) is 1. The van der Waals surface area contributed by atoms with Crippen molar-refractivity contribution in [2.75, 3.05) is 0 Å². The van der Waals surface area contributed by atoms with Gasteiger partial charge in [0.05, 0.1) is 4.92 Å². The molecule has 2 aromatic rings. The fraction of sp³-hybridized carbons (Fsp3) is 0.250. The SMILES string of the molecule is O=[N+]([O-])c1ccc(CC(Br)CCc2ccccc2)cc1. The Kier molecular flexibility index (Phi) is 5.30. The Labute approximate surface area is 126 Å². The fourth-order valence-corrected chi connectivity index (χ4v) is 2.68. The number of hydrogen-bond donors (Lipinski definition) is 0. The molecule has 104 valence electrons. The molecule has 0 aliphatic rings. The van der Waals surface area contributed by atoms with Gasteiger partial charge in [0.2, 0.25) is 0 Å². The van der Waals surface area contributed by atoms with E-state index < -0.39 is 0 Å². The van der Waals surface area contributed by atoms with Gasteiger partial charge in [0.15, 0.2) is 0 Å². The summed E-state index contributed by atoms with van der Waals surface area (Å²) < 4.78 is 0. The normalized spacial score (nSPS) is 12.1. The molecule has 2 rings (SSSR count). The van der Waals surface area contributed by atoms with E-state index in [1.807, 2.05) is 18.2 Å². The molecule has 20 heavy (non-hydrogen) atoms. The molecular formula is C16H16BrNO2. The van der Waals surface area contributed by atoms with Crippen LogP contribution in [0.15, 0.2) is 54.6 Å². The second-order valence-electron chi connectivity index (χ2n) is 4.75. The number of hydrogen-bond acceptors (Lipinski definition) is 2. The topological polar surface area (TPSA) is 43.1 Å². The minimum absolute atomic E-state index is 0.143. The van der Waals surface area contributed by atoms with Gasteiger partial charge in [-0.05, 0) is 30.4 Å². The number of aryl methyl sites for hydroxylation is 1. The Morgan fingerprint density at radius 3 is 2.25 bits per heavy atom. The average molecular weight is 334 g/mol. The molecule has 0 aliphatic heterocycles. The van der Waals surface area contributed by atoms with E-state index in [4.69, 9.17) is 0 Å². The Morgan fingerprint density at radius 2 is 1.65 bits per heavy atom. The van der Waals surface area contributed by atoms with Crippen LogP contribution in [0.4, 0.5) is 5.69 Å². The number of non-ortho nitro benzene ring substituents is 1. The van der Waals surface area contributed by atoms with Crippen molar-refractivity contribution >= 4 is 21.6 Å². The third kappa shape index (κ3) is 4.46. The smallest absolute Gasteiger partial charge is 0.258 e. The van der Waals surface area contributed by atoms with Crippen molar-refractivity contribution in [2.24, 2.45) is 0 Å². The van der Waals surface area contributed by atoms with Crippen molar-refractivity contribution in [3.63, 3.8) is 0 Å². The van der Waals surface area contributed by atoms with Crippen LogP contribution in [0, 0.1) is 10.1 Å². The molecule has 0 bridgehead atoms. The van der Waals surface area contributed by atoms with E-state index in [2.05, 4.69) is 40.2 Å². The molecule has 1 unspecified atom stereocenters. The lowest BCUT2D eigenvalue weighted by Gasteiger charge is -2.09. The summed E-state index contributed by atoms with van der Waals surface area (Å²) in [6, 6.07) is 17.2. The van der Waals surface area contributed by atoms with Crippen molar-refractivity contribution < 1.29 is 4.92 Å². The predicted molar refractivity (Wildman–Crippen MR) is 84.3 cm³/mol. The summed E-state index contributed by atoms with van der Waals surface area (Å²) >= 11 is 3.69. The van der Waals surface area contributed by atoms with E-state index in [9.17, 15) is 10.1 Å². The lowest BCUT2D eigenvalue weighted by Crippen LogP contribution is -2.04. The quantitative estimate of drug-likeness (QED) is 0.442. The standard InChI is InChI=1S/C16H16BrNO2/c17-15(9-6-13-4-2-1-3-5-13)12-14-7-10-16(11-8-14)18(19)20/h1-5,7-8,10-11,15H,6,9,12H2. The summed E-state index contributed by atoms with van der Waals surface area (Å²) in [4.78, 5) is 10.6. The van der Waals surface area contributed by atoms with Gasteiger partial charge in [-0.2, -0.15) is 0 Å². The number of alkyl halides is 1. The van der Waals surface area contributed by atoms with E-state index in [-0.39, 0.29) is 10.6 Å². The highest BCUT2D eigenvalue weighted by Crippen LogP contribution is 2.18. The first kappa shape index (κ1) is 14.7. The zero-order valence-corrected chi connectivity index (χ0v) is 12.6. The summed E-state index contributed by atoms with van der Waals surface area (Å²) in [7, 11) is 0. The molecule has 0 aliphatic carbocycles. The summed E-state index contributed by atoms with van der Waals surface area (Å²) in [5.41, 5.74) is 2.59. The van der Waals surface area contributed by atoms with E-state index in [0.29, 0.717) is 4.83 Å². The number of nitro groups is 1. The van der Waals surface area contributed by atoms with Crippen molar-refractivity contribution in [1.29, 1.82) is 0 Å². The molecule has 0 saturated heterocycles. The average Bonchev–Trinajstić information content (AvgIpc) is 2.47. The molecule has 0 saturated carbocycles. The molecule has 1 atom stereocenters. The maximum absolute atomic E-state index is 10.6. The minimum atomic E-state index is -0.370. The number of halogens is 1. The van der Waals surface area contributed by atoms with Crippen LogP contribution >= 0.6 is 15.9 Å². The van der Waals surface area contributed by atoms with Gasteiger partial charge >= 0.3 is 0 Å². The maximum atomic E-state index is 10.6. The van der Waals surface area contributed by atoms with E-state index in [0.717, 1.165) is 24.8 Å². The Morgan fingerprint density at radius 1 is 1.00 bits per heavy atom. The molecule has 2 aromatic carbocycles. The van der Waals surface area contributed by atoms with Crippen LogP contribution in [0.5, 0.6) is 0 Å². The van der Waals surface area contributed by atoms with Gasteiger partial charge in [0.25, 0.3) is 5.69 Å². The monoisotopic (exact) mass is 333 g/mol. The highest BCUT2D eigenvalue weighted by atomic mass is 79.9. The van der Waals surface area contributed by atoms with E-state index in [1.54, 1.807) is 12.1 Å². The number of rotatable bonds is 6. The van der Waals surface area contributed by atoms with Crippen molar-refractivity contribution in [1.82, 2.24) is 0 Å². The number of nitro benzene ring substituents is 1. The predicted octanol–water partition coefficient (Wildman–Crippen LogP) is 4.53. The van der Waals surface area contributed by atoms with Crippen LogP contribution in [0.2, 0.25) is 0 Å². The van der Waals surface area contributed by atoms with Crippen LogP contribution in [0.1, 0.15) is 17.5 Å². The van der Waals surface area contributed by atoms with Gasteiger partial charge in [-0.3, -0.25) is 10.1 Å². The number of benzene rings is 2. The van der Waals surface area contributed by atoms with E-state index in [1.165, 1.54) is 5.56 Å². The molecular weight excluding hydrogens is 318 g/mol. The maximum Gasteiger partial charge on any atom is 0.269 e. The first-order valence-corrected chi connectivity index (χ1v) is 7.48. The molecule has 0 amide bonds. The van der Waals surface area contributed by atoms with Gasteiger partial charge in [-0.25, -0.2) is 0 Å². The highest BCUT2D eigenvalue weighted by molar-refractivity contribution is 9.09. The fourth-order valence-electron chi connectivity index (χ4n) is 2.08. The minimum Gasteiger partial charge on any atom is -0.258 e. The summed E-state index contributed by atoms with van der Waals surface area (Å²) in [5, 5.41) is 10.6. The highest BCUT2D eigenvalue weighted by Gasteiger charge is 2.08. The van der Waals surface area contributed by atoms with Gasteiger partial charge in [0.1, 0.15) is 0 Å². The molecule has 0 radical (unpaired) electrons. The zero-order valence-electron chi connectivity index (χ0n) is 11.0. The first-order valence-electron chi connectivity index (χ1n) is 6.56. The molecule has 0 spiro atoms. The second kappa shape index (κ2) is 7.20. The van der Waals surface area contributed by atoms with Crippen LogP contribution in [-0.4, -0.2) is 9.75 Å². The molecule has 4 heteroatoms. The molecule has 3 nitrogen and oxygen atoms in total. The summed E-state index contributed by atoms with van der Waals surface area (Å²) in [6.07, 6.45) is 2.95. The van der Waals surface area contributed by atoms with Gasteiger partial charge in [0, 0.05) is 17.0 Å².